The summed E-state index contributed by atoms with van der Waals surface area (Å²) in [7, 11) is 0. The van der Waals surface area contributed by atoms with Gasteiger partial charge in [-0.1, -0.05) is 0 Å². The van der Waals surface area contributed by atoms with Crippen LogP contribution in [0.5, 0.6) is 0 Å². The van der Waals surface area contributed by atoms with E-state index in [1.807, 2.05) is 0 Å². The number of carbonyl (C=O) groups excluding carboxylic acids is 1. The second-order valence-corrected chi connectivity index (χ2v) is 3.41. The lowest BCUT2D eigenvalue weighted by Gasteiger charge is -2.16. The second kappa shape index (κ2) is 3.79. The topological polar surface area (TPSA) is 75.2 Å². The Kier molecular flexibility index (Phi) is 2.90. The van der Waals surface area contributed by atoms with Gasteiger partial charge >= 0.3 is 5.97 Å². The number of H-pyrrole nitrogens is 1. The number of esters is 1. The van der Waals surface area contributed by atoms with E-state index in [4.69, 9.17) is 4.74 Å². The van der Waals surface area contributed by atoms with Gasteiger partial charge in [0, 0.05) is 0 Å². The van der Waals surface area contributed by atoms with Gasteiger partial charge in [-0.05, 0) is 20.8 Å². The standard InChI is InChI=1S/C9H14N2O3/c1-4-14-8(12)6-7(9(2,3)13)11-5-10-6/h5,13H,4H2,1-3H3,(H,10,11). The molecular formula is C9H14N2O3. The maximum atomic E-state index is 11.4. The molecule has 0 aliphatic carbocycles. The van der Waals surface area contributed by atoms with Gasteiger partial charge in [0.15, 0.2) is 5.69 Å². The molecule has 0 saturated carbocycles. The molecule has 1 heterocycles. The number of hydrogen-bond acceptors (Lipinski definition) is 4. The number of hydrogen-bond donors (Lipinski definition) is 2. The van der Waals surface area contributed by atoms with E-state index in [0.29, 0.717) is 5.69 Å². The van der Waals surface area contributed by atoms with Gasteiger partial charge in [-0.2, -0.15) is 0 Å². The number of ether oxygens (including phenoxy) is 1. The van der Waals surface area contributed by atoms with Gasteiger partial charge in [0.25, 0.3) is 0 Å². The number of nitrogens with one attached hydrogen (secondary N) is 1. The minimum absolute atomic E-state index is 0.138. The van der Waals surface area contributed by atoms with Crippen LogP contribution in [0.1, 0.15) is 37.0 Å². The Morgan fingerprint density at radius 2 is 2.36 bits per heavy atom. The van der Waals surface area contributed by atoms with Crippen LogP contribution < -0.4 is 0 Å². The SMILES string of the molecule is CCOC(=O)c1nc[nH]c1C(C)(C)O. The van der Waals surface area contributed by atoms with Crippen LogP contribution >= 0.6 is 0 Å². The molecule has 0 unspecified atom stereocenters. The summed E-state index contributed by atoms with van der Waals surface area (Å²) in [5.74, 6) is -0.522. The van der Waals surface area contributed by atoms with Gasteiger partial charge in [-0.25, -0.2) is 9.78 Å². The average molecular weight is 198 g/mol. The second-order valence-electron chi connectivity index (χ2n) is 3.41. The van der Waals surface area contributed by atoms with Crippen molar-refractivity contribution in [3.63, 3.8) is 0 Å². The van der Waals surface area contributed by atoms with E-state index in [9.17, 15) is 9.90 Å². The number of rotatable bonds is 3. The van der Waals surface area contributed by atoms with Crippen molar-refractivity contribution in [2.75, 3.05) is 6.61 Å². The Labute approximate surface area is 82.1 Å². The average Bonchev–Trinajstić information content (AvgIpc) is 2.50. The molecule has 14 heavy (non-hydrogen) atoms. The Bertz CT molecular complexity index is 325. The summed E-state index contributed by atoms with van der Waals surface area (Å²) in [5.41, 5.74) is -0.617. The molecule has 0 saturated heterocycles. The number of nitrogens with zero attached hydrogens (tertiary/aromatic N) is 1. The fourth-order valence-corrected chi connectivity index (χ4v) is 1.11. The lowest BCUT2D eigenvalue weighted by Crippen LogP contribution is -2.21. The van der Waals surface area contributed by atoms with E-state index in [-0.39, 0.29) is 12.3 Å². The minimum atomic E-state index is -1.13. The Morgan fingerprint density at radius 1 is 1.71 bits per heavy atom. The third-order valence-electron chi connectivity index (χ3n) is 1.72. The molecule has 0 spiro atoms. The maximum absolute atomic E-state index is 11.4. The van der Waals surface area contributed by atoms with E-state index in [2.05, 4.69) is 9.97 Å². The summed E-state index contributed by atoms with van der Waals surface area (Å²) >= 11 is 0. The molecule has 5 heteroatoms. The van der Waals surface area contributed by atoms with Crippen LogP contribution in [-0.4, -0.2) is 27.7 Å². The highest BCUT2D eigenvalue weighted by molar-refractivity contribution is 5.88. The first-order valence-electron chi connectivity index (χ1n) is 4.40. The number of carbonyl (C=O) groups is 1. The maximum Gasteiger partial charge on any atom is 0.358 e. The lowest BCUT2D eigenvalue weighted by molar-refractivity contribution is 0.0476. The molecule has 0 amide bonds. The van der Waals surface area contributed by atoms with E-state index >= 15 is 0 Å². The minimum Gasteiger partial charge on any atom is -0.461 e. The smallest absolute Gasteiger partial charge is 0.358 e. The Balaban J connectivity index is 2.99. The van der Waals surface area contributed by atoms with Gasteiger partial charge in [0.05, 0.1) is 18.6 Å². The van der Waals surface area contributed by atoms with Crippen molar-refractivity contribution in [2.45, 2.75) is 26.4 Å². The van der Waals surface area contributed by atoms with Gasteiger partial charge in [0.1, 0.15) is 5.60 Å². The van der Waals surface area contributed by atoms with Crippen molar-refractivity contribution in [3.8, 4) is 0 Å². The van der Waals surface area contributed by atoms with E-state index in [0.717, 1.165) is 0 Å². The van der Waals surface area contributed by atoms with Crippen molar-refractivity contribution in [3.05, 3.63) is 17.7 Å². The molecule has 0 radical (unpaired) electrons. The summed E-state index contributed by atoms with van der Waals surface area (Å²) in [6.07, 6.45) is 1.36. The van der Waals surface area contributed by atoms with E-state index < -0.39 is 11.6 Å². The van der Waals surface area contributed by atoms with Crippen molar-refractivity contribution in [1.82, 2.24) is 9.97 Å². The molecule has 0 aliphatic rings. The molecule has 0 aromatic carbocycles. The zero-order chi connectivity index (χ0) is 10.8. The zero-order valence-electron chi connectivity index (χ0n) is 8.50. The monoisotopic (exact) mass is 198 g/mol. The van der Waals surface area contributed by atoms with Gasteiger partial charge in [-0.15, -0.1) is 0 Å². The first-order chi connectivity index (χ1) is 6.46. The number of imidazole rings is 1. The summed E-state index contributed by atoms with van der Waals surface area (Å²) in [6.45, 7) is 5.15. The van der Waals surface area contributed by atoms with Gasteiger partial charge in [-0.3, -0.25) is 0 Å². The third kappa shape index (κ3) is 2.11. The van der Waals surface area contributed by atoms with E-state index in [1.54, 1.807) is 20.8 Å². The Morgan fingerprint density at radius 3 is 2.86 bits per heavy atom. The molecule has 0 bridgehead atoms. The number of aliphatic hydroxyl groups is 1. The fourth-order valence-electron chi connectivity index (χ4n) is 1.11. The molecular weight excluding hydrogens is 184 g/mol. The summed E-state index contributed by atoms with van der Waals surface area (Å²) < 4.78 is 4.79. The molecule has 2 N–H and O–H groups in total. The first kappa shape index (κ1) is 10.7. The number of aromatic nitrogens is 2. The van der Waals surface area contributed by atoms with Crippen molar-refractivity contribution in [2.24, 2.45) is 0 Å². The summed E-state index contributed by atoms with van der Waals surface area (Å²) in [5, 5.41) is 9.70. The van der Waals surface area contributed by atoms with Gasteiger partial charge in [0.2, 0.25) is 0 Å². The predicted octanol–water partition coefficient (Wildman–Crippen LogP) is 0.814. The van der Waals surface area contributed by atoms with Crippen molar-refractivity contribution < 1.29 is 14.6 Å². The highest BCUT2D eigenvalue weighted by Crippen LogP contribution is 2.20. The molecule has 1 aromatic rings. The van der Waals surface area contributed by atoms with Crippen LogP contribution in [0.25, 0.3) is 0 Å². The third-order valence-corrected chi connectivity index (χ3v) is 1.72. The molecule has 0 atom stereocenters. The predicted molar refractivity (Wildman–Crippen MR) is 49.8 cm³/mol. The van der Waals surface area contributed by atoms with Crippen LogP contribution in [0, 0.1) is 0 Å². The van der Waals surface area contributed by atoms with Crippen LogP contribution in [0.4, 0.5) is 0 Å². The molecule has 0 fully saturated rings. The normalized spacial score (nSPS) is 11.4. The van der Waals surface area contributed by atoms with Crippen LogP contribution in [0.2, 0.25) is 0 Å². The van der Waals surface area contributed by atoms with Crippen molar-refractivity contribution in [1.29, 1.82) is 0 Å². The summed E-state index contributed by atoms with van der Waals surface area (Å²) in [4.78, 5) is 17.9. The summed E-state index contributed by atoms with van der Waals surface area (Å²) in [6, 6.07) is 0. The highest BCUT2D eigenvalue weighted by atomic mass is 16.5. The first-order valence-corrected chi connectivity index (χ1v) is 4.40. The van der Waals surface area contributed by atoms with Crippen molar-refractivity contribution >= 4 is 5.97 Å². The lowest BCUT2D eigenvalue weighted by atomic mass is 10.0. The van der Waals surface area contributed by atoms with Crippen LogP contribution in [0.3, 0.4) is 0 Å². The van der Waals surface area contributed by atoms with E-state index in [1.165, 1.54) is 6.33 Å². The van der Waals surface area contributed by atoms with Crippen LogP contribution in [0.15, 0.2) is 6.33 Å². The molecule has 5 nitrogen and oxygen atoms in total. The highest BCUT2D eigenvalue weighted by Gasteiger charge is 2.26. The zero-order valence-corrected chi connectivity index (χ0v) is 8.50. The molecule has 1 aromatic heterocycles. The largest absolute Gasteiger partial charge is 0.461 e. The van der Waals surface area contributed by atoms with Gasteiger partial charge < -0.3 is 14.8 Å². The number of aromatic amines is 1. The molecule has 1 rings (SSSR count). The van der Waals surface area contributed by atoms with Crippen LogP contribution in [-0.2, 0) is 10.3 Å². The quantitative estimate of drug-likeness (QED) is 0.705. The fraction of sp³-hybridized carbons (Fsp3) is 0.556. The molecule has 0 aliphatic heterocycles. The Hall–Kier alpha value is -1.36. The molecule has 78 valence electrons.